The maximum atomic E-state index is 7.24. The molecule has 5 aliphatic heterocycles. The van der Waals surface area contributed by atoms with E-state index in [9.17, 15) is 0 Å². The van der Waals surface area contributed by atoms with Crippen molar-refractivity contribution in [3.8, 4) is 0 Å². The highest BCUT2D eigenvalue weighted by Crippen LogP contribution is 2.61. The zero-order valence-electron chi connectivity index (χ0n) is 23.0. The van der Waals surface area contributed by atoms with Crippen molar-refractivity contribution in [2.75, 3.05) is 36.0 Å². The van der Waals surface area contributed by atoms with Crippen LogP contribution in [0.25, 0.3) is 0 Å². The third kappa shape index (κ3) is 2.55. The highest BCUT2D eigenvalue weighted by molar-refractivity contribution is 5.79. The first-order valence-corrected chi connectivity index (χ1v) is 15.2. The number of nitrogens with zero attached hydrogens (tertiary/aromatic N) is 2. The van der Waals surface area contributed by atoms with E-state index in [0.717, 1.165) is 0 Å². The van der Waals surface area contributed by atoms with Gasteiger partial charge in [0.1, 0.15) is 5.60 Å². The average Bonchev–Trinajstić information content (AvgIpc) is 3.33. The Bertz CT molecular complexity index is 1440. The van der Waals surface area contributed by atoms with Gasteiger partial charge in [-0.25, -0.2) is 0 Å². The molecular formula is C35H38N2O. The summed E-state index contributed by atoms with van der Waals surface area (Å²) < 4.78 is 7.24. The van der Waals surface area contributed by atoms with Gasteiger partial charge in [-0.2, -0.15) is 0 Å². The van der Waals surface area contributed by atoms with E-state index >= 15 is 0 Å². The maximum Gasteiger partial charge on any atom is 0.145 e. The molecule has 3 nitrogen and oxygen atoms in total. The number of hydrogen-bond donors (Lipinski definition) is 0. The third-order valence-corrected chi connectivity index (χ3v) is 10.9. The van der Waals surface area contributed by atoms with Gasteiger partial charge in [0.15, 0.2) is 0 Å². The van der Waals surface area contributed by atoms with E-state index in [-0.39, 0.29) is 5.41 Å². The quantitative estimate of drug-likeness (QED) is 0.347. The molecule has 0 radical (unpaired) electrons. The Hall–Kier alpha value is -2.78. The first-order valence-electron chi connectivity index (χ1n) is 15.2. The minimum Gasteiger partial charge on any atom is -0.371 e. The van der Waals surface area contributed by atoms with Crippen molar-refractivity contribution in [1.29, 1.82) is 0 Å². The van der Waals surface area contributed by atoms with Crippen LogP contribution in [0.5, 0.6) is 0 Å². The normalized spacial score (nSPS) is 22.9. The van der Waals surface area contributed by atoms with Crippen molar-refractivity contribution in [3.05, 3.63) is 92.0 Å². The number of benzene rings is 3. The molecule has 3 aromatic rings. The van der Waals surface area contributed by atoms with Crippen LogP contribution in [-0.4, -0.2) is 26.2 Å². The average molecular weight is 503 g/mol. The number of anilines is 2. The summed E-state index contributed by atoms with van der Waals surface area (Å²) in [5.74, 6) is 0. The van der Waals surface area contributed by atoms with Crippen molar-refractivity contribution >= 4 is 11.4 Å². The smallest absolute Gasteiger partial charge is 0.145 e. The third-order valence-electron chi connectivity index (χ3n) is 10.9. The standard InChI is InChI=1S/C35H38N2O/c1-34(2)30-25-12-7-17-36-15-5-10-22(32(25)36)19-28(30)35(27-14-4-3-9-24(27)21-38-35)29-20-23-11-6-16-37-18-8-13-26(31(29)34)33(23)37/h3-4,9,14,19-20H,5-8,10-13,15-18,21H2,1-2H3. The van der Waals surface area contributed by atoms with Gasteiger partial charge in [-0.3, -0.25) is 0 Å². The summed E-state index contributed by atoms with van der Waals surface area (Å²) in [7, 11) is 0. The first kappa shape index (κ1) is 22.1. The number of fused-ring (bicyclic) bond motifs is 8. The number of hydrogen-bond acceptors (Lipinski definition) is 3. The summed E-state index contributed by atoms with van der Waals surface area (Å²) in [6, 6.07) is 14.4. The van der Waals surface area contributed by atoms with E-state index in [1.54, 1.807) is 44.8 Å². The zero-order valence-corrected chi connectivity index (χ0v) is 23.0. The molecule has 6 aliphatic rings. The van der Waals surface area contributed by atoms with Crippen LogP contribution in [0.15, 0.2) is 36.4 Å². The SMILES string of the molecule is CC1(C)c2c(cc3c4c2CCCN4CCC3)C2(OCc3ccccc32)c2cc3c4c(c21)CCCN4CCC3. The molecule has 0 aromatic heterocycles. The van der Waals surface area contributed by atoms with Crippen molar-refractivity contribution in [2.24, 2.45) is 0 Å². The molecule has 0 saturated carbocycles. The summed E-state index contributed by atoms with van der Waals surface area (Å²) in [6.07, 6.45) is 9.85. The van der Waals surface area contributed by atoms with Gasteiger partial charge in [0.05, 0.1) is 6.61 Å². The van der Waals surface area contributed by atoms with Crippen molar-refractivity contribution in [1.82, 2.24) is 0 Å². The molecule has 5 heterocycles. The van der Waals surface area contributed by atoms with Crippen LogP contribution in [0.2, 0.25) is 0 Å². The molecule has 3 heteroatoms. The topological polar surface area (TPSA) is 15.7 Å². The number of rotatable bonds is 0. The van der Waals surface area contributed by atoms with Gasteiger partial charge < -0.3 is 14.5 Å². The van der Waals surface area contributed by atoms with Crippen molar-refractivity contribution in [3.63, 3.8) is 0 Å². The zero-order chi connectivity index (χ0) is 25.2. The van der Waals surface area contributed by atoms with Gasteiger partial charge in [0.25, 0.3) is 0 Å². The first-order chi connectivity index (χ1) is 18.6. The van der Waals surface area contributed by atoms with Crippen LogP contribution in [0, 0.1) is 0 Å². The Morgan fingerprint density at radius 1 is 0.632 bits per heavy atom. The van der Waals surface area contributed by atoms with Crippen LogP contribution in [0.4, 0.5) is 11.4 Å². The van der Waals surface area contributed by atoms with Gasteiger partial charge in [0.2, 0.25) is 0 Å². The minimum absolute atomic E-state index is 0.0492. The fraction of sp³-hybridized carbons (Fsp3) is 0.486. The Morgan fingerprint density at radius 2 is 1.16 bits per heavy atom. The molecule has 0 amide bonds. The van der Waals surface area contributed by atoms with E-state index in [4.69, 9.17) is 4.74 Å². The Morgan fingerprint density at radius 3 is 1.74 bits per heavy atom. The van der Waals surface area contributed by atoms with E-state index in [0.29, 0.717) is 6.61 Å². The molecule has 0 atom stereocenters. The summed E-state index contributed by atoms with van der Waals surface area (Å²) in [5, 5.41) is 0. The van der Waals surface area contributed by atoms with Crippen LogP contribution >= 0.6 is 0 Å². The van der Waals surface area contributed by atoms with E-state index < -0.39 is 5.60 Å². The fourth-order valence-electron chi connectivity index (χ4n) is 9.67. The van der Waals surface area contributed by atoms with Gasteiger partial charge in [-0.15, -0.1) is 0 Å². The van der Waals surface area contributed by atoms with Crippen molar-refractivity contribution in [2.45, 2.75) is 82.8 Å². The lowest BCUT2D eigenvalue weighted by Crippen LogP contribution is -2.46. The highest BCUT2D eigenvalue weighted by atomic mass is 16.5. The molecule has 9 rings (SSSR count). The Labute approximate surface area is 226 Å². The van der Waals surface area contributed by atoms with Gasteiger partial charge in [-0.1, -0.05) is 38.1 Å². The van der Waals surface area contributed by atoms with E-state index in [1.165, 1.54) is 99.8 Å². The summed E-state index contributed by atoms with van der Waals surface area (Å²) in [4.78, 5) is 5.44. The van der Waals surface area contributed by atoms with E-state index in [1.807, 2.05) is 0 Å². The summed E-state index contributed by atoms with van der Waals surface area (Å²) in [6.45, 7) is 10.7. The largest absolute Gasteiger partial charge is 0.371 e. The lowest BCUT2D eigenvalue weighted by atomic mass is 9.57. The molecule has 194 valence electrons. The molecule has 1 aliphatic carbocycles. The monoisotopic (exact) mass is 502 g/mol. The molecule has 1 spiro atoms. The molecule has 0 fully saturated rings. The molecule has 0 saturated heterocycles. The van der Waals surface area contributed by atoms with E-state index in [2.05, 4.69) is 60.0 Å². The minimum atomic E-state index is -0.493. The fourth-order valence-corrected chi connectivity index (χ4v) is 9.67. The molecule has 0 bridgehead atoms. The lowest BCUT2D eigenvalue weighted by Gasteiger charge is -2.51. The van der Waals surface area contributed by atoms with Crippen LogP contribution in [-0.2, 0) is 48.0 Å². The highest BCUT2D eigenvalue weighted by Gasteiger charge is 2.55. The number of aryl methyl sites for hydroxylation is 2. The van der Waals surface area contributed by atoms with Gasteiger partial charge >= 0.3 is 0 Å². The van der Waals surface area contributed by atoms with Gasteiger partial charge in [0, 0.05) is 43.0 Å². The number of ether oxygens (including phenoxy) is 1. The predicted molar refractivity (Wildman–Crippen MR) is 154 cm³/mol. The van der Waals surface area contributed by atoms with Crippen LogP contribution < -0.4 is 9.80 Å². The molecule has 38 heavy (non-hydrogen) atoms. The second kappa shape index (κ2) is 7.45. The molecule has 3 aromatic carbocycles. The Balaban J connectivity index is 1.45. The van der Waals surface area contributed by atoms with Crippen molar-refractivity contribution < 1.29 is 4.74 Å². The summed E-state index contributed by atoms with van der Waals surface area (Å²) in [5.41, 5.74) is 17.9. The van der Waals surface area contributed by atoms with Gasteiger partial charge in [-0.05, 0) is 119 Å². The molecular weight excluding hydrogens is 464 g/mol. The summed E-state index contributed by atoms with van der Waals surface area (Å²) >= 11 is 0. The lowest BCUT2D eigenvalue weighted by molar-refractivity contribution is 0.0215. The molecule has 0 N–H and O–H groups in total. The second-order valence-electron chi connectivity index (χ2n) is 13.2. The Kier molecular flexibility index (Phi) is 4.33. The molecule has 0 unspecified atom stereocenters. The van der Waals surface area contributed by atoms with Crippen LogP contribution in [0.3, 0.4) is 0 Å². The second-order valence-corrected chi connectivity index (χ2v) is 13.2. The van der Waals surface area contributed by atoms with Crippen LogP contribution in [0.1, 0.15) is 95.2 Å². The maximum absolute atomic E-state index is 7.24. The predicted octanol–water partition coefficient (Wildman–Crippen LogP) is 6.55.